The number of nitrogens with zero attached hydrogens (tertiary/aromatic N) is 1. The Morgan fingerprint density at radius 2 is 1.77 bits per heavy atom. The van der Waals surface area contributed by atoms with Gasteiger partial charge in [-0.2, -0.15) is 0 Å². The second-order valence-corrected chi connectivity index (χ2v) is 10.8. The van der Waals surface area contributed by atoms with E-state index in [1.807, 2.05) is 6.07 Å². The van der Waals surface area contributed by atoms with Crippen LogP contribution >= 0.6 is 0 Å². The van der Waals surface area contributed by atoms with Gasteiger partial charge in [0.05, 0.1) is 57.7 Å². The molecule has 3 rings (SSSR count). The van der Waals surface area contributed by atoms with Crippen molar-refractivity contribution < 1.29 is 58.9 Å². The van der Waals surface area contributed by atoms with Gasteiger partial charge in [-0.25, -0.2) is 9.64 Å². The highest BCUT2D eigenvalue weighted by Crippen LogP contribution is 2.33. The monoisotopic (exact) mass is 669 g/mol. The van der Waals surface area contributed by atoms with Crippen molar-refractivity contribution in [2.75, 3.05) is 46.2 Å². The molecular formula is C33H39N3O12. The summed E-state index contributed by atoms with van der Waals surface area (Å²) in [5.74, 6) is -3.34. The maximum absolute atomic E-state index is 12.7. The van der Waals surface area contributed by atoms with E-state index in [2.05, 4.69) is 21.4 Å². The number of benzene rings is 2. The summed E-state index contributed by atoms with van der Waals surface area (Å²) in [6.07, 6.45) is -2.83. The highest BCUT2D eigenvalue weighted by atomic mass is 16.7. The summed E-state index contributed by atoms with van der Waals surface area (Å²) in [6.45, 7) is 5.68. The molecule has 0 radical (unpaired) electrons. The van der Waals surface area contributed by atoms with Crippen LogP contribution in [0.4, 0.5) is 5.69 Å². The predicted molar refractivity (Wildman–Crippen MR) is 168 cm³/mol. The summed E-state index contributed by atoms with van der Waals surface area (Å²) in [4.78, 5) is 40.4. The standard InChI is InChI=1S/C33H39N3O12/c1-3-11-45-12-13-46-14-15-47-33(32(43)44)18-25(38)29(36-28(41)20-37)31(48-33)30(42)26(39)19-35-27(40)16-21-7-9-22(10-8-21)23-5-4-6-24(17-23)34-2/h1,4-10,17,25-26,29-31,37-39,42H,11-16,18-20H2,(H,35,40)(H,36,41)(H,43,44)/t25-,26+,29+,30+,31+,33+/m0/s1. The van der Waals surface area contributed by atoms with E-state index in [-0.39, 0.29) is 39.5 Å². The van der Waals surface area contributed by atoms with Crippen molar-refractivity contribution in [1.82, 2.24) is 10.6 Å². The number of carboxylic acids is 1. The number of rotatable bonds is 18. The summed E-state index contributed by atoms with van der Waals surface area (Å²) in [5, 5.41) is 56.7. The summed E-state index contributed by atoms with van der Waals surface area (Å²) in [6, 6.07) is 12.7. The third kappa shape index (κ3) is 10.8. The lowest BCUT2D eigenvalue weighted by Gasteiger charge is -2.46. The normalized spacial score (nSPS) is 21.7. The Kier molecular flexibility index (Phi) is 14.9. The van der Waals surface area contributed by atoms with Gasteiger partial charge in [0.1, 0.15) is 25.4 Å². The molecule has 1 aliphatic rings. The van der Waals surface area contributed by atoms with Gasteiger partial charge >= 0.3 is 5.97 Å². The number of aliphatic carboxylic acids is 1. The van der Waals surface area contributed by atoms with Crippen molar-refractivity contribution in [1.29, 1.82) is 0 Å². The molecule has 0 aromatic heterocycles. The molecule has 15 nitrogen and oxygen atoms in total. The summed E-state index contributed by atoms with van der Waals surface area (Å²) >= 11 is 0. The molecule has 1 heterocycles. The topological polar surface area (TPSA) is 218 Å². The summed E-state index contributed by atoms with van der Waals surface area (Å²) < 4.78 is 21.5. The van der Waals surface area contributed by atoms with Crippen LogP contribution in [0.25, 0.3) is 16.0 Å². The highest BCUT2D eigenvalue weighted by molar-refractivity contribution is 5.79. The quantitative estimate of drug-likeness (QED) is 0.0600. The smallest absolute Gasteiger partial charge is 0.364 e. The SMILES string of the molecule is [C-]#[N+]c1cccc(-c2ccc(CC(=O)NC[C@@H](O)[C@@H](O)[C@@H]3O[C@@](OCCOCCOCC#C)(C(=O)O)C[C@H](O)[C@H]3NC(=O)CO)cc2)c1. The van der Waals surface area contributed by atoms with Crippen LogP contribution in [-0.2, 0) is 39.8 Å². The van der Waals surface area contributed by atoms with E-state index >= 15 is 0 Å². The van der Waals surface area contributed by atoms with Gasteiger partial charge in [-0.05, 0) is 22.8 Å². The molecule has 0 aliphatic carbocycles. The van der Waals surface area contributed by atoms with E-state index < -0.39 is 73.6 Å². The van der Waals surface area contributed by atoms with Crippen LogP contribution in [0.15, 0.2) is 48.5 Å². The van der Waals surface area contributed by atoms with Crippen LogP contribution in [0.3, 0.4) is 0 Å². The summed E-state index contributed by atoms with van der Waals surface area (Å²) in [5.41, 5.74) is 2.83. The van der Waals surface area contributed by atoms with E-state index in [9.17, 15) is 39.9 Å². The Bertz CT molecular complexity index is 1460. The van der Waals surface area contributed by atoms with Crippen LogP contribution in [0.2, 0.25) is 0 Å². The molecule has 0 unspecified atom stereocenters. The van der Waals surface area contributed by atoms with Gasteiger partial charge in [0.2, 0.25) is 11.8 Å². The van der Waals surface area contributed by atoms with Crippen LogP contribution in [0, 0.1) is 18.9 Å². The first-order valence-electron chi connectivity index (χ1n) is 15.0. The maximum Gasteiger partial charge on any atom is 0.364 e. The van der Waals surface area contributed by atoms with Gasteiger partial charge in [0, 0.05) is 13.0 Å². The Hall–Kier alpha value is -4.42. The molecule has 1 fully saturated rings. The number of terminal acetylenes is 1. The fourth-order valence-electron chi connectivity index (χ4n) is 4.94. The lowest BCUT2D eigenvalue weighted by molar-refractivity contribution is -0.312. The van der Waals surface area contributed by atoms with Crippen LogP contribution in [0.1, 0.15) is 12.0 Å². The zero-order chi connectivity index (χ0) is 35.1. The molecule has 6 atom stereocenters. The van der Waals surface area contributed by atoms with Gasteiger partial charge in [-0.15, -0.1) is 6.42 Å². The number of carbonyl (C=O) groups is 3. The molecule has 2 amide bonds. The van der Waals surface area contributed by atoms with E-state index in [1.54, 1.807) is 42.5 Å². The highest BCUT2D eigenvalue weighted by Gasteiger charge is 2.55. The number of carbonyl (C=O) groups excluding carboxylic acids is 2. The van der Waals surface area contributed by atoms with Crippen molar-refractivity contribution in [3.8, 4) is 23.5 Å². The molecule has 2 aromatic carbocycles. The fraction of sp³-hybridized carbons (Fsp3) is 0.455. The van der Waals surface area contributed by atoms with Crippen molar-refractivity contribution in [3.05, 3.63) is 65.5 Å². The lowest BCUT2D eigenvalue weighted by Crippen LogP contribution is -2.68. The molecule has 1 aliphatic heterocycles. The predicted octanol–water partition coefficient (Wildman–Crippen LogP) is -0.624. The fourth-order valence-corrected chi connectivity index (χ4v) is 4.94. The first kappa shape index (κ1) is 38.0. The third-order valence-electron chi connectivity index (χ3n) is 7.36. The molecule has 7 N–H and O–H groups in total. The Morgan fingerprint density at radius 1 is 1.06 bits per heavy atom. The molecule has 0 spiro atoms. The molecule has 0 saturated carbocycles. The van der Waals surface area contributed by atoms with E-state index in [1.165, 1.54) is 0 Å². The average Bonchev–Trinajstić information content (AvgIpc) is 3.09. The van der Waals surface area contributed by atoms with Crippen molar-refractivity contribution in [2.24, 2.45) is 0 Å². The van der Waals surface area contributed by atoms with Crippen molar-refractivity contribution in [3.63, 3.8) is 0 Å². The minimum absolute atomic E-state index is 0.0763. The Labute approximate surface area is 277 Å². The van der Waals surface area contributed by atoms with Gasteiger partial charge in [-0.3, -0.25) is 9.59 Å². The molecular weight excluding hydrogens is 630 g/mol. The molecule has 15 heteroatoms. The lowest BCUT2D eigenvalue weighted by atomic mass is 9.88. The van der Waals surface area contributed by atoms with E-state index in [4.69, 9.17) is 31.9 Å². The molecule has 2 aromatic rings. The van der Waals surface area contributed by atoms with Gasteiger partial charge in [0.15, 0.2) is 5.69 Å². The largest absolute Gasteiger partial charge is 0.477 e. The number of carboxylic acid groups (broad SMARTS) is 1. The molecule has 48 heavy (non-hydrogen) atoms. The number of nitrogens with one attached hydrogen (secondary N) is 2. The average molecular weight is 670 g/mol. The second-order valence-electron chi connectivity index (χ2n) is 10.8. The minimum atomic E-state index is -2.51. The molecule has 0 bridgehead atoms. The number of hydrogen-bond donors (Lipinski definition) is 7. The number of hydrogen-bond acceptors (Lipinski definition) is 11. The number of amides is 2. The van der Waals surface area contributed by atoms with Gasteiger partial charge in [0.25, 0.3) is 5.79 Å². The number of aliphatic hydroxyl groups excluding tert-OH is 4. The van der Waals surface area contributed by atoms with Crippen LogP contribution in [0.5, 0.6) is 0 Å². The zero-order valence-electron chi connectivity index (χ0n) is 26.0. The minimum Gasteiger partial charge on any atom is -0.477 e. The molecule has 258 valence electrons. The van der Waals surface area contributed by atoms with Crippen LogP contribution in [-0.4, -0.2) is 126 Å². The van der Waals surface area contributed by atoms with Crippen molar-refractivity contribution in [2.45, 2.75) is 49.1 Å². The maximum atomic E-state index is 12.7. The van der Waals surface area contributed by atoms with E-state index in [0.717, 1.165) is 11.1 Å². The van der Waals surface area contributed by atoms with Gasteiger partial charge < -0.3 is 55.1 Å². The molecule has 1 saturated heterocycles. The summed E-state index contributed by atoms with van der Waals surface area (Å²) in [7, 11) is 0. The number of ether oxygens (including phenoxy) is 4. The first-order valence-corrected chi connectivity index (χ1v) is 15.0. The Balaban J connectivity index is 1.63. The Morgan fingerprint density at radius 3 is 2.44 bits per heavy atom. The third-order valence-corrected chi connectivity index (χ3v) is 7.36. The number of aliphatic hydroxyl groups is 4. The van der Waals surface area contributed by atoms with Gasteiger partial charge in [-0.1, -0.05) is 48.4 Å². The van der Waals surface area contributed by atoms with E-state index in [0.29, 0.717) is 11.3 Å². The zero-order valence-corrected chi connectivity index (χ0v) is 26.0. The first-order chi connectivity index (χ1) is 23.0. The van der Waals surface area contributed by atoms with Crippen LogP contribution < -0.4 is 10.6 Å². The second kappa shape index (κ2) is 18.8. The van der Waals surface area contributed by atoms with Crippen molar-refractivity contribution >= 4 is 23.5 Å².